The molecule has 0 aromatic rings. The van der Waals surface area contributed by atoms with Gasteiger partial charge < -0.3 is 5.11 Å². The van der Waals surface area contributed by atoms with Crippen LogP contribution in [0.3, 0.4) is 0 Å². The molecular formula is C10H17NO2. The van der Waals surface area contributed by atoms with Gasteiger partial charge in [-0.25, -0.2) is 0 Å². The Balaban J connectivity index is 2.23. The Morgan fingerprint density at radius 1 is 1.69 bits per heavy atom. The third kappa shape index (κ3) is 3.59. The van der Waals surface area contributed by atoms with Gasteiger partial charge in [-0.2, -0.15) is 0 Å². The number of aliphatic carboxylic acids is 1. The molecule has 13 heavy (non-hydrogen) atoms. The highest BCUT2D eigenvalue weighted by atomic mass is 16.4. The van der Waals surface area contributed by atoms with Crippen LogP contribution in [0.4, 0.5) is 0 Å². The maximum atomic E-state index is 10.4. The molecule has 1 atom stereocenters. The number of carbonyl (C=O) groups is 1. The number of allylic oxidation sites excluding steroid dienone is 1. The van der Waals surface area contributed by atoms with Crippen LogP contribution in [-0.2, 0) is 4.79 Å². The highest BCUT2D eigenvalue weighted by molar-refractivity contribution is 5.67. The summed E-state index contributed by atoms with van der Waals surface area (Å²) in [6.07, 6.45) is 5.50. The summed E-state index contributed by atoms with van der Waals surface area (Å²) in [6.45, 7) is 4.95. The molecule has 1 unspecified atom stereocenters. The molecule has 0 saturated carbocycles. The van der Waals surface area contributed by atoms with Crippen LogP contribution in [0.15, 0.2) is 12.2 Å². The molecule has 0 aromatic carbocycles. The van der Waals surface area contributed by atoms with Gasteiger partial charge in [0.15, 0.2) is 0 Å². The van der Waals surface area contributed by atoms with Gasteiger partial charge in [-0.05, 0) is 25.8 Å². The van der Waals surface area contributed by atoms with Gasteiger partial charge in [0, 0.05) is 19.5 Å². The first-order valence-electron chi connectivity index (χ1n) is 4.77. The molecular weight excluding hydrogens is 166 g/mol. The van der Waals surface area contributed by atoms with Crippen molar-refractivity contribution in [2.75, 3.05) is 19.6 Å². The second kappa shape index (κ2) is 5.02. The molecule has 0 aromatic heterocycles. The van der Waals surface area contributed by atoms with Crippen molar-refractivity contribution in [3.8, 4) is 0 Å². The smallest absolute Gasteiger partial charge is 0.303 e. The van der Waals surface area contributed by atoms with E-state index in [1.807, 2.05) is 13.0 Å². The molecule has 74 valence electrons. The first-order valence-corrected chi connectivity index (χ1v) is 4.77. The minimum atomic E-state index is -0.669. The molecule has 3 heteroatoms. The molecule has 1 saturated heterocycles. The zero-order valence-electron chi connectivity index (χ0n) is 8.07. The van der Waals surface area contributed by atoms with E-state index in [0.717, 1.165) is 26.1 Å². The average Bonchev–Trinajstić information content (AvgIpc) is 2.48. The second-order valence-electron chi connectivity index (χ2n) is 3.58. The third-order valence-electron chi connectivity index (χ3n) is 2.43. The average molecular weight is 183 g/mol. The minimum absolute atomic E-state index is 0.326. The largest absolute Gasteiger partial charge is 0.481 e. The SMILES string of the molecule is CC=CCN1CCC(CC(=O)O)C1. The molecule has 1 fully saturated rings. The van der Waals surface area contributed by atoms with Gasteiger partial charge >= 0.3 is 5.97 Å². The number of likely N-dealkylation sites (tertiary alicyclic amines) is 1. The van der Waals surface area contributed by atoms with Crippen molar-refractivity contribution in [1.82, 2.24) is 4.90 Å². The van der Waals surface area contributed by atoms with Crippen molar-refractivity contribution in [1.29, 1.82) is 0 Å². The van der Waals surface area contributed by atoms with Gasteiger partial charge in [0.05, 0.1) is 0 Å². The molecule has 1 heterocycles. The standard InChI is InChI=1S/C10H17NO2/c1-2-3-5-11-6-4-9(8-11)7-10(12)13/h2-3,9H,4-8H2,1H3,(H,12,13). The lowest BCUT2D eigenvalue weighted by Gasteiger charge is -2.12. The number of hydrogen-bond donors (Lipinski definition) is 1. The zero-order chi connectivity index (χ0) is 9.68. The van der Waals surface area contributed by atoms with Crippen LogP contribution in [-0.4, -0.2) is 35.6 Å². The van der Waals surface area contributed by atoms with Crippen LogP contribution >= 0.6 is 0 Å². The highest BCUT2D eigenvalue weighted by Crippen LogP contribution is 2.18. The van der Waals surface area contributed by atoms with E-state index < -0.39 is 5.97 Å². The predicted molar refractivity (Wildman–Crippen MR) is 51.6 cm³/mol. The fraction of sp³-hybridized carbons (Fsp3) is 0.700. The first kappa shape index (κ1) is 10.3. The summed E-state index contributed by atoms with van der Waals surface area (Å²) in [4.78, 5) is 12.7. The molecule has 0 bridgehead atoms. The summed E-state index contributed by atoms with van der Waals surface area (Å²) >= 11 is 0. The van der Waals surface area contributed by atoms with E-state index in [2.05, 4.69) is 11.0 Å². The van der Waals surface area contributed by atoms with Crippen LogP contribution in [0, 0.1) is 5.92 Å². The summed E-state index contributed by atoms with van der Waals surface area (Å²) < 4.78 is 0. The summed E-state index contributed by atoms with van der Waals surface area (Å²) in [7, 11) is 0. The van der Waals surface area contributed by atoms with Gasteiger partial charge in [0.25, 0.3) is 0 Å². The van der Waals surface area contributed by atoms with Gasteiger partial charge in [0.2, 0.25) is 0 Å². The Morgan fingerprint density at radius 2 is 2.46 bits per heavy atom. The van der Waals surface area contributed by atoms with Crippen molar-refractivity contribution >= 4 is 5.97 Å². The Labute approximate surface area is 79.0 Å². The fourth-order valence-corrected chi connectivity index (χ4v) is 1.75. The molecule has 0 aliphatic carbocycles. The molecule has 1 N–H and O–H groups in total. The molecule has 0 radical (unpaired) electrons. The number of carboxylic acid groups (broad SMARTS) is 1. The van der Waals surface area contributed by atoms with Crippen molar-refractivity contribution < 1.29 is 9.90 Å². The lowest BCUT2D eigenvalue weighted by Crippen LogP contribution is -2.21. The maximum Gasteiger partial charge on any atom is 0.303 e. The van der Waals surface area contributed by atoms with Crippen LogP contribution in [0.1, 0.15) is 19.8 Å². The Kier molecular flexibility index (Phi) is 3.96. The van der Waals surface area contributed by atoms with Crippen LogP contribution in [0.25, 0.3) is 0 Å². The highest BCUT2D eigenvalue weighted by Gasteiger charge is 2.23. The number of rotatable bonds is 4. The van der Waals surface area contributed by atoms with Crippen molar-refractivity contribution in [2.24, 2.45) is 5.92 Å². The van der Waals surface area contributed by atoms with E-state index in [1.54, 1.807) is 0 Å². The lowest BCUT2D eigenvalue weighted by molar-refractivity contribution is -0.138. The van der Waals surface area contributed by atoms with Crippen LogP contribution in [0.5, 0.6) is 0 Å². The van der Waals surface area contributed by atoms with E-state index in [1.165, 1.54) is 0 Å². The topological polar surface area (TPSA) is 40.5 Å². The van der Waals surface area contributed by atoms with Gasteiger partial charge in [-0.15, -0.1) is 0 Å². The lowest BCUT2D eigenvalue weighted by atomic mass is 10.1. The first-order chi connectivity index (χ1) is 6.22. The van der Waals surface area contributed by atoms with Gasteiger partial charge in [-0.1, -0.05) is 12.2 Å². The summed E-state index contributed by atoms with van der Waals surface area (Å²) in [5, 5.41) is 8.60. The van der Waals surface area contributed by atoms with Crippen molar-refractivity contribution in [3.63, 3.8) is 0 Å². The molecule has 1 aliphatic rings. The van der Waals surface area contributed by atoms with E-state index in [-0.39, 0.29) is 0 Å². The van der Waals surface area contributed by atoms with Gasteiger partial charge in [0.1, 0.15) is 0 Å². The van der Waals surface area contributed by atoms with E-state index >= 15 is 0 Å². The van der Waals surface area contributed by atoms with Crippen molar-refractivity contribution in [2.45, 2.75) is 19.8 Å². The number of hydrogen-bond acceptors (Lipinski definition) is 2. The summed E-state index contributed by atoms with van der Waals surface area (Å²) in [5.41, 5.74) is 0. The zero-order valence-corrected chi connectivity index (χ0v) is 8.07. The maximum absolute atomic E-state index is 10.4. The Bertz CT molecular complexity index is 201. The summed E-state index contributed by atoms with van der Waals surface area (Å²) in [6, 6.07) is 0. The van der Waals surface area contributed by atoms with Gasteiger partial charge in [-0.3, -0.25) is 9.69 Å². The summed E-state index contributed by atoms with van der Waals surface area (Å²) in [5.74, 6) is -0.305. The Morgan fingerprint density at radius 3 is 3.08 bits per heavy atom. The van der Waals surface area contributed by atoms with Crippen LogP contribution < -0.4 is 0 Å². The number of carboxylic acids is 1. The van der Waals surface area contributed by atoms with Crippen molar-refractivity contribution in [3.05, 3.63) is 12.2 Å². The van der Waals surface area contributed by atoms with E-state index in [0.29, 0.717) is 12.3 Å². The molecule has 0 spiro atoms. The van der Waals surface area contributed by atoms with E-state index in [9.17, 15) is 4.79 Å². The number of nitrogens with zero attached hydrogens (tertiary/aromatic N) is 1. The molecule has 1 aliphatic heterocycles. The van der Waals surface area contributed by atoms with E-state index in [4.69, 9.17) is 5.11 Å². The second-order valence-corrected chi connectivity index (χ2v) is 3.58. The normalized spacial score (nSPS) is 24.2. The molecule has 3 nitrogen and oxygen atoms in total. The minimum Gasteiger partial charge on any atom is -0.481 e. The monoisotopic (exact) mass is 183 g/mol. The predicted octanol–water partition coefficient (Wildman–Crippen LogP) is 1.36. The quantitative estimate of drug-likeness (QED) is 0.669. The van der Waals surface area contributed by atoms with Crippen LogP contribution in [0.2, 0.25) is 0 Å². The third-order valence-corrected chi connectivity index (χ3v) is 2.43. The Hall–Kier alpha value is -0.830. The fourth-order valence-electron chi connectivity index (χ4n) is 1.75. The molecule has 1 rings (SSSR count). The molecule has 0 amide bonds.